The Kier molecular flexibility index (Phi) is 7.07. The molecule has 6 aromatic carbocycles. The highest BCUT2D eigenvalue weighted by Crippen LogP contribution is 2.37. The van der Waals surface area contributed by atoms with Crippen molar-refractivity contribution >= 4 is 22.5 Å². The number of aliphatic imine (C=N–C) groups is 2. The van der Waals surface area contributed by atoms with Crippen molar-refractivity contribution in [2.45, 2.75) is 0 Å². The monoisotopic (exact) mass is 585 g/mol. The smallest absolute Gasteiger partial charge is 0.170 e. The van der Waals surface area contributed by atoms with Gasteiger partial charge < -0.3 is 0 Å². The molecule has 8 rings (SSSR count). The maximum atomic E-state index is 5.12. The maximum absolute atomic E-state index is 5.12. The summed E-state index contributed by atoms with van der Waals surface area (Å²) in [7, 11) is 0. The Morgan fingerprint density at radius 3 is 1.52 bits per heavy atom. The minimum Gasteiger partial charge on any atom is -0.248 e. The van der Waals surface area contributed by atoms with Crippen molar-refractivity contribution in [3.8, 4) is 55.9 Å². The van der Waals surface area contributed by atoms with Gasteiger partial charge in [0.2, 0.25) is 0 Å². The Hall–Kier alpha value is -6.37. The highest BCUT2D eigenvalue weighted by Gasteiger charge is 2.13. The first-order valence-electron chi connectivity index (χ1n) is 15.3. The number of amidine groups is 1. The number of hydrogen-bond donors (Lipinski definition) is 0. The molecular weight excluding hydrogens is 558 g/mol. The first-order valence-corrected chi connectivity index (χ1v) is 15.3. The largest absolute Gasteiger partial charge is 0.248 e. The number of nitrogens with zero attached hydrogens (tertiary/aromatic N) is 3. The molecule has 0 saturated heterocycles. The van der Waals surface area contributed by atoms with Gasteiger partial charge in [0.1, 0.15) is 0 Å². The molecule has 7 aromatic rings. The van der Waals surface area contributed by atoms with Crippen LogP contribution in [0.15, 0.2) is 180 Å². The second-order valence-corrected chi connectivity index (χ2v) is 11.2. The highest BCUT2D eigenvalue weighted by molar-refractivity contribution is 6.03. The van der Waals surface area contributed by atoms with E-state index in [0.29, 0.717) is 5.84 Å². The van der Waals surface area contributed by atoms with Crippen molar-refractivity contribution in [1.82, 2.24) is 4.98 Å². The SMILES string of the molecule is C1=C=NC(c2ccc(-c3cc(-c4cc(-c5ccccc5)nc(-c5ccccc5)c4)cc(-c4ccc5ccccc5c4)c3)cc2)=NC=1. The van der Waals surface area contributed by atoms with Crippen molar-refractivity contribution in [2.75, 3.05) is 0 Å². The molecule has 1 aliphatic heterocycles. The number of hydrogen-bond acceptors (Lipinski definition) is 3. The van der Waals surface area contributed by atoms with Crippen molar-refractivity contribution in [1.29, 1.82) is 0 Å². The summed E-state index contributed by atoms with van der Waals surface area (Å²) < 4.78 is 0. The van der Waals surface area contributed by atoms with Crippen molar-refractivity contribution in [2.24, 2.45) is 9.98 Å². The second-order valence-electron chi connectivity index (χ2n) is 11.2. The first-order chi connectivity index (χ1) is 22.8. The number of fused-ring (bicyclic) bond motifs is 1. The molecule has 0 saturated carbocycles. The fraction of sp³-hybridized carbons (Fsp3) is 0. The topological polar surface area (TPSA) is 37.6 Å². The van der Waals surface area contributed by atoms with Gasteiger partial charge >= 0.3 is 0 Å². The second kappa shape index (κ2) is 12.0. The van der Waals surface area contributed by atoms with E-state index in [1.165, 1.54) is 16.3 Å². The van der Waals surface area contributed by atoms with Gasteiger partial charge in [-0.25, -0.2) is 9.98 Å². The van der Waals surface area contributed by atoms with Gasteiger partial charge in [-0.3, -0.25) is 0 Å². The zero-order valence-corrected chi connectivity index (χ0v) is 24.9. The van der Waals surface area contributed by atoms with Gasteiger partial charge in [0, 0.05) is 22.6 Å². The van der Waals surface area contributed by atoms with Crippen molar-refractivity contribution < 1.29 is 0 Å². The van der Waals surface area contributed by atoms with E-state index in [0.717, 1.165) is 55.9 Å². The Balaban J connectivity index is 1.31. The minimum atomic E-state index is 0.634. The van der Waals surface area contributed by atoms with Crippen molar-refractivity contribution in [3.63, 3.8) is 0 Å². The van der Waals surface area contributed by atoms with E-state index in [1.807, 2.05) is 12.1 Å². The molecule has 0 unspecified atom stereocenters. The number of benzene rings is 6. The van der Waals surface area contributed by atoms with Gasteiger partial charge in [0.15, 0.2) is 5.84 Å². The summed E-state index contributed by atoms with van der Waals surface area (Å²) in [6.07, 6.45) is 1.59. The molecule has 2 heterocycles. The summed E-state index contributed by atoms with van der Waals surface area (Å²) in [5.41, 5.74) is 14.5. The summed E-state index contributed by atoms with van der Waals surface area (Å²) in [4.78, 5) is 13.7. The quantitative estimate of drug-likeness (QED) is 0.179. The van der Waals surface area contributed by atoms with Gasteiger partial charge in [-0.2, -0.15) is 4.99 Å². The van der Waals surface area contributed by atoms with E-state index in [1.54, 1.807) is 6.20 Å². The van der Waals surface area contributed by atoms with Crippen LogP contribution in [0.2, 0.25) is 0 Å². The van der Waals surface area contributed by atoms with Crippen LogP contribution in [-0.4, -0.2) is 16.7 Å². The van der Waals surface area contributed by atoms with Crippen LogP contribution in [0.1, 0.15) is 5.56 Å². The van der Waals surface area contributed by atoms with E-state index >= 15 is 0 Å². The van der Waals surface area contributed by atoms with Crippen LogP contribution in [0.25, 0.3) is 66.7 Å². The zero-order chi connectivity index (χ0) is 30.7. The van der Waals surface area contributed by atoms with Crippen LogP contribution in [0.4, 0.5) is 0 Å². The van der Waals surface area contributed by atoms with Gasteiger partial charge in [-0.1, -0.05) is 121 Å². The summed E-state index contributed by atoms with van der Waals surface area (Å²) in [6.45, 7) is 0. The Labute approximate surface area is 267 Å². The normalized spacial score (nSPS) is 12.0. The molecule has 3 nitrogen and oxygen atoms in total. The van der Waals surface area contributed by atoms with Gasteiger partial charge in [-0.05, 0) is 86.3 Å². The average Bonchev–Trinajstić information content (AvgIpc) is 3.15. The molecule has 0 spiro atoms. The van der Waals surface area contributed by atoms with Crippen LogP contribution in [0.3, 0.4) is 0 Å². The molecule has 0 aliphatic carbocycles. The Morgan fingerprint density at radius 1 is 0.370 bits per heavy atom. The lowest BCUT2D eigenvalue weighted by Crippen LogP contribution is -1.97. The van der Waals surface area contributed by atoms with Crippen LogP contribution >= 0.6 is 0 Å². The number of rotatable bonds is 6. The minimum absolute atomic E-state index is 0.634. The fourth-order valence-electron chi connectivity index (χ4n) is 5.89. The fourth-order valence-corrected chi connectivity index (χ4v) is 5.89. The van der Waals surface area contributed by atoms with Gasteiger partial charge in [0.25, 0.3) is 0 Å². The lowest BCUT2D eigenvalue weighted by Gasteiger charge is -2.14. The molecular formula is C43H27N3. The third-order valence-electron chi connectivity index (χ3n) is 8.27. The number of pyridine rings is 1. The highest BCUT2D eigenvalue weighted by atomic mass is 14.9. The molecule has 0 fully saturated rings. The maximum Gasteiger partial charge on any atom is 0.170 e. The predicted molar refractivity (Wildman–Crippen MR) is 191 cm³/mol. The summed E-state index contributed by atoms with van der Waals surface area (Å²) in [5.74, 6) is 3.39. The lowest BCUT2D eigenvalue weighted by molar-refractivity contribution is 1.32. The molecule has 214 valence electrons. The van der Waals surface area contributed by atoms with Crippen LogP contribution in [0.5, 0.6) is 0 Å². The third kappa shape index (κ3) is 5.52. The zero-order valence-electron chi connectivity index (χ0n) is 24.9. The summed E-state index contributed by atoms with van der Waals surface area (Å²) in [5, 5.41) is 2.44. The van der Waals surface area contributed by atoms with Crippen LogP contribution in [-0.2, 0) is 0 Å². The molecule has 3 heteroatoms. The molecule has 1 aromatic heterocycles. The van der Waals surface area contributed by atoms with E-state index in [4.69, 9.17) is 4.98 Å². The molecule has 0 radical (unpaired) electrons. The predicted octanol–water partition coefficient (Wildman–Crippen LogP) is 10.7. The molecule has 1 aliphatic rings. The van der Waals surface area contributed by atoms with Crippen LogP contribution < -0.4 is 0 Å². The lowest BCUT2D eigenvalue weighted by atomic mass is 9.91. The Bertz CT molecular complexity index is 2300. The average molecular weight is 586 g/mol. The first kappa shape index (κ1) is 27.2. The van der Waals surface area contributed by atoms with Crippen molar-refractivity contribution in [3.05, 3.63) is 175 Å². The standard InChI is InChI=1S/C43H27N3/c1-3-11-32(12-4-1)41-28-40(29-42(46-41)33-13-5-2-6-14-33)39-26-37(31-16-19-34(20-17-31)43-44-22-9-23-45-43)25-38(27-39)36-21-18-30-10-7-8-15-35(30)24-36/h1-8,10-22,24-29H. The van der Waals surface area contributed by atoms with Crippen LogP contribution in [0, 0.1) is 0 Å². The van der Waals surface area contributed by atoms with E-state index in [2.05, 4.69) is 167 Å². The van der Waals surface area contributed by atoms with E-state index in [9.17, 15) is 0 Å². The van der Waals surface area contributed by atoms with E-state index < -0.39 is 0 Å². The third-order valence-corrected chi connectivity index (χ3v) is 8.27. The number of aromatic nitrogens is 1. The molecule has 0 bridgehead atoms. The van der Waals surface area contributed by atoms with Gasteiger partial charge in [-0.15, -0.1) is 0 Å². The summed E-state index contributed by atoms with van der Waals surface area (Å²) in [6, 6.07) is 55.6. The summed E-state index contributed by atoms with van der Waals surface area (Å²) >= 11 is 0. The van der Waals surface area contributed by atoms with Gasteiger partial charge in [0.05, 0.1) is 17.6 Å². The molecule has 0 N–H and O–H groups in total. The molecule has 0 atom stereocenters. The van der Waals surface area contributed by atoms with E-state index in [-0.39, 0.29) is 0 Å². The Morgan fingerprint density at radius 2 is 0.891 bits per heavy atom. The molecule has 0 amide bonds. The molecule has 46 heavy (non-hydrogen) atoms.